The number of likely N-dealkylation sites (N-methyl/N-ethyl adjacent to an activating group) is 1. The Morgan fingerprint density at radius 2 is 2.24 bits per heavy atom. The Morgan fingerprint density at radius 1 is 1.47 bits per heavy atom. The van der Waals surface area contributed by atoms with Crippen LogP contribution in [0.15, 0.2) is 18.3 Å². The van der Waals surface area contributed by atoms with E-state index in [2.05, 4.69) is 40.5 Å². The van der Waals surface area contributed by atoms with Crippen LogP contribution in [-0.4, -0.2) is 40.1 Å². The van der Waals surface area contributed by atoms with Crippen molar-refractivity contribution >= 4 is 22.8 Å². The largest absolute Gasteiger partial charge is 0.308 e. The van der Waals surface area contributed by atoms with Crippen LogP contribution >= 0.6 is 11.6 Å². The van der Waals surface area contributed by atoms with Crippen molar-refractivity contribution in [3.8, 4) is 0 Å². The third-order valence-corrected chi connectivity index (χ3v) is 2.95. The summed E-state index contributed by atoms with van der Waals surface area (Å²) in [5.74, 6) is 1.29. The number of halogens is 1. The normalized spacial score (nSPS) is 13.5. The van der Waals surface area contributed by atoms with E-state index in [1.165, 1.54) is 0 Å². The summed E-state index contributed by atoms with van der Waals surface area (Å²) < 4.78 is 2.13. The number of hydrogen-bond acceptors (Lipinski definition) is 3. The van der Waals surface area contributed by atoms with Crippen LogP contribution in [0.3, 0.4) is 0 Å². The third-order valence-electron chi connectivity index (χ3n) is 2.71. The first-order chi connectivity index (χ1) is 8.13. The lowest BCUT2D eigenvalue weighted by Gasteiger charge is -2.20. The molecular formula is C12H17ClN4. The predicted octanol–water partition coefficient (Wildman–Crippen LogP) is 2.29. The van der Waals surface area contributed by atoms with Crippen LogP contribution in [0.25, 0.3) is 11.2 Å². The Bertz CT molecular complexity index is 506. The molecule has 0 aliphatic heterocycles. The van der Waals surface area contributed by atoms with Crippen LogP contribution in [-0.2, 0) is 5.88 Å². The highest BCUT2D eigenvalue weighted by Gasteiger charge is 2.16. The Hall–Kier alpha value is -1.13. The van der Waals surface area contributed by atoms with Gasteiger partial charge in [0.05, 0.1) is 5.88 Å². The molecule has 0 bridgehead atoms. The van der Waals surface area contributed by atoms with E-state index < -0.39 is 0 Å². The molecule has 1 unspecified atom stereocenters. The number of nitrogens with zero attached hydrogens (tertiary/aromatic N) is 4. The van der Waals surface area contributed by atoms with Gasteiger partial charge in [-0.3, -0.25) is 0 Å². The second-order valence-corrected chi connectivity index (χ2v) is 4.76. The molecule has 0 fully saturated rings. The molecule has 0 spiro atoms. The Morgan fingerprint density at radius 3 is 2.88 bits per heavy atom. The van der Waals surface area contributed by atoms with Gasteiger partial charge in [0.1, 0.15) is 11.3 Å². The summed E-state index contributed by atoms with van der Waals surface area (Å²) in [4.78, 5) is 11.1. The van der Waals surface area contributed by atoms with Gasteiger partial charge in [0, 0.05) is 18.8 Å². The van der Waals surface area contributed by atoms with Gasteiger partial charge in [-0.2, -0.15) is 0 Å². The number of pyridine rings is 1. The molecule has 2 aromatic heterocycles. The van der Waals surface area contributed by atoms with Crippen LogP contribution in [0, 0.1) is 0 Å². The average molecular weight is 253 g/mol. The van der Waals surface area contributed by atoms with Gasteiger partial charge >= 0.3 is 0 Å². The van der Waals surface area contributed by atoms with E-state index >= 15 is 0 Å². The summed E-state index contributed by atoms with van der Waals surface area (Å²) in [5, 5.41) is 0. The highest BCUT2D eigenvalue weighted by molar-refractivity contribution is 6.16. The lowest BCUT2D eigenvalue weighted by molar-refractivity contribution is 0.337. The number of fused-ring (bicyclic) bond motifs is 1. The van der Waals surface area contributed by atoms with Crippen molar-refractivity contribution in [2.75, 3.05) is 20.6 Å². The fraction of sp³-hybridized carbons (Fsp3) is 0.500. The van der Waals surface area contributed by atoms with Gasteiger partial charge in [-0.15, -0.1) is 11.6 Å². The number of rotatable bonds is 4. The van der Waals surface area contributed by atoms with Crippen LogP contribution < -0.4 is 0 Å². The first-order valence-electron chi connectivity index (χ1n) is 5.66. The highest BCUT2D eigenvalue weighted by Crippen LogP contribution is 2.20. The number of alkyl halides is 1. The summed E-state index contributed by atoms with van der Waals surface area (Å²) in [5.41, 5.74) is 1.83. The van der Waals surface area contributed by atoms with Gasteiger partial charge in [-0.05, 0) is 33.2 Å². The minimum absolute atomic E-state index is 0.304. The van der Waals surface area contributed by atoms with Gasteiger partial charge in [0.2, 0.25) is 0 Å². The Labute approximate surface area is 106 Å². The maximum absolute atomic E-state index is 5.96. The molecule has 0 saturated heterocycles. The van der Waals surface area contributed by atoms with Crippen LogP contribution in [0.1, 0.15) is 18.8 Å². The number of hydrogen-bond donors (Lipinski definition) is 0. The second-order valence-electron chi connectivity index (χ2n) is 4.49. The molecule has 2 aromatic rings. The SMILES string of the molecule is CC(CN(C)C)n1c(CCl)nc2cccnc21. The average Bonchev–Trinajstić information content (AvgIpc) is 2.66. The first kappa shape index (κ1) is 12.3. The smallest absolute Gasteiger partial charge is 0.160 e. The molecule has 0 aromatic carbocycles. The van der Waals surface area contributed by atoms with E-state index in [-0.39, 0.29) is 0 Å². The maximum Gasteiger partial charge on any atom is 0.160 e. The third kappa shape index (κ3) is 2.42. The molecule has 0 radical (unpaired) electrons. The number of imidazole rings is 1. The van der Waals surface area contributed by atoms with E-state index in [0.29, 0.717) is 11.9 Å². The zero-order chi connectivity index (χ0) is 12.4. The molecule has 92 valence electrons. The fourth-order valence-corrected chi connectivity index (χ4v) is 2.33. The molecule has 0 amide bonds. The summed E-state index contributed by atoms with van der Waals surface area (Å²) >= 11 is 5.96. The van der Waals surface area contributed by atoms with Crippen LogP contribution in [0.4, 0.5) is 0 Å². The van der Waals surface area contributed by atoms with Gasteiger partial charge in [-0.1, -0.05) is 0 Å². The second kappa shape index (κ2) is 5.02. The van der Waals surface area contributed by atoms with Crippen molar-refractivity contribution in [3.05, 3.63) is 24.2 Å². The molecule has 0 aliphatic rings. The molecule has 4 nitrogen and oxygen atoms in total. The maximum atomic E-state index is 5.96. The van der Waals surface area contributed by atoms with Gasteiger partial charge in [0.25, 0.3) is 0 Å². The van der Waals surface area contributed by atoms with Crippen molar-refractivity contribution in [1.29, 1.82) is 0 Å². The minimum atomic E-state index is 0.304. The topological polar surface area (TPSA) is 34.0 Å². The quantitative estimate of drug-likeness (QED) is 0.783. The molecule has 0 aliphatic carbocycles. The molecule has 1 atom stereocenters. The Balaban J connectivity index is 2.49. The van der Waals surface area contributed by atoms with Gasteiger partial charge in [0.15, 0.2) is 5.65 Å². The van der Waals surface area contributed by atoms with Gasteiger partial charge < -0.3 is 9.47 Å². The van der Waals surface area contributed by atoms with E-state index in [1.807, 2.05) is 12.1 Å². The zero-order valence-electron chi connectivity index (χ0n) is 10.4. The predicted molar refractivity (Wildman–Crippen MR) is 70.4 cm³/mol. The van der Waals surface area contributed by atoms with Crippen LogP contribution in [0.5, 0.6) is 0 Å². The van der Waals surface area contributed by atoms with Crippen molar-refractivity contribution in [1.82, 2.24) is 19.4 Å². The van der Waals surface area contributed by atoms with Gasteiger partial charge in [-0.25, -0.2) is 9.97 Å². The fourth-order valence-electron chi connectivity index (χ4n) is 2.14. The molecular weight excluding hydrogens is 236 g/mol. The molecule has 5 heteroatoms. The van der Waals surface area contributed by atoms with Crippen molar-refractivity contribution < 1.29 is 0 Å². The zero-order valence-corrected chi connectivity index (χ0v) is 11.1. The molecule has 0 N–H and O–H groups in total. The summed E-state index contributed by atoms with van der Waals surface area (Å²) in [6.45, 7) is 3.10. The van der Waals surface area contributed by atoms with Crippen molar-refractivity contribution in [3.63, 3.8) is 0 Å². The molecule has 2 heterocycles. The van der Waals surface area contributed by atoms with E-state index in [4.69, 9.17) is 11.6 Å². The van der Waals surface area contributed by atoms with E-state index in [9.17, 15) is 0 Å². The first-order valence-corrected chi connectivity index (χ1v) is 6.19. The molecule has 2 rings (SSSR count). The number of aromatic nitrogens is 3. The summed E-state index contributed by atoms with van der Waals surface area (Å²) in [6.07, 6.45) is 1.79. The van der Waals surface area contributed by atoms with E-state index in [0.717, 1.165) is 23.5 Å². The molecule has 0 saturated carbocycles. The lowest BCUT2D eigenvalue weighted by Crippen LogP contribution is -2.23. The van der Waals surface area contributed by atoms with Crippen molar-refractivity contribution in [2.45, 2.75) is 18.8 Å². The summed E-state index contributed by atoms with van der Waals surface area (Å²) in [7, 11) is 4.12. The summed E-state index contributed by atoms with van der Waals surface area (Å²) in [6, 6.07) is 4.17. The monoisotopic (exact) mass is 252 g/mol. The minimum Gasteiger partial charge on any atom is -0.308 e. The Kier molecular flexibility index (Phi) is 3.64. The highest BCUT2D eigenvalue weighted by atomic mass is 35.5. The standard InChI is InChI=1S/C12H17ClN4/c1-9(8-16(2)3)17-11(7-13)15-10-5-4-6-14-12(10)17/h4-6,9H,7-8H2,1-3H3. The van der Waals surface area contributed by atoms with Crippen molar-refractivity contribution in [2.24, 2.45) is 0 Å². The van der Waals surface area contributed by atoms with E-state index in [1.54, 1.807) is 6.20 Å². The molecule has 17 heavy (non-hydrogen) atoms. The van der Waals surface area contributed by atoms with Crippen LogP contribution in [0.2, 0.25) is 0 Å². The lowest BCUT2D eigenvalue weighted by atomic mass is 10.3.